The van der Waals surface area contributed by atoms with Crippen LogP contribution in [0.4, 0.5) is 0 Å². The SMILES string of the molecule is CCS(=O)(=O)N1CCOCC2CN(C(=O)Cc3ccc(Cl)cc3)CCC21. The van der Waals surface area contributed by atoms with Crippen LogP contribution in [0.3, 0.4) is 0 Å². The number of hydrogen-bond acceptors (Lipinski definition) is 4. The maximum atomic E-state index is 12.7. The Labute approximate surface area is 160 Å². The molecule has 0 saturated carbocycles. The van der Waals surface area contributed by atoms with E-state index in [1.807, 2.05) is 17.0 Å². The molecular formula is C18H25ClN2O4S. The summed E-state index contributed by atoms with van der Waals surface area (Å²) in [4.78, 5) is 14.5. The summed E-state index contributed by atoms with van der Waals surface area (Å²) in [7, 11) is -3.27. The van der Waals surface area contributed by atoms with Crippen molar-refractivity contribution in [2.24, 2.45) is 5.92 Å². The molecule has 2 atom stereocenters. The first-order valence-electron chi connectivity index (χ1n) is 9.00. The highest BCUT2D eigenvalue weighted by Crippen LogP contribution is 2.27. The van der Waals surface area contributed by atoms with E-state index >= 15 is 0 Å². The van der Waals surface area contributed by atoms with Gasteiger partial charge in [0, 0.05) is 36.6 Å². The molecular weight excluding hydrogens is 376 g/mol. The van der Waals surface area contributed by atoms with Crippen molar-refractivity contribution in [2.45, 2.75) is 25.8 Å². The van der Waals surface area contributed by atoms with Crippen LogP contribution in [-0.2, 0) is 26.0 Å². The van der Waals surface area contributed by atoms with E-state index in [2.05, 4.69) is 0 Å². The molecule has 2 aliphatic heterocycles. The lowest BCUT2D eigenvalue weighted by molar-refractivity contribution is -0.133. The fraction of sp³-hybridized carbons (Fsp3) is 0.611. The summed E-state index contributed by atoms with van der Waals surface area (Å²) >= 11 is 5.89. The van der Waals surface area contributed by atoms with Crippen molar-refractivity contribution in [3.63, 3.8) is 0 Å². The highest BCUT2D eigenvalue weighted by Gasteiger charge is 2.40. The van der Waals surface area contributed by atoms with Crippen LogP contribution in [0.1, 0.15) is 18.9 Å². The van der Waals surface area contributed by atoms with E-state index in [0.717, 1.165) is 5.56 Å². The normalized spacial score (nSPS) is 24.8. The largest absolute Gasteiger partial charge is 0.380 e. The van der Waals surface area contributed by atoms with Gasteiger partial charge in [-0.15, -0.1) is 0 Å². The van der Waals surface area contributed by atoms with Crippen LogP contribution in [-0.4, -0.2) is 68.2 Å². The van der Waals surface area contributed by atoms with Crippen molar-refractivity contribution in [2.75, 3.05) is 38.6 Å². The Morgan fingerprint density at radius 2 is 2.00 bits per heavy atom. The molecule has 2 heterocycles. The molecule has 144 valence electrons. The summed E-state index contributed by atoms with van der Waals surface area (Å²) in [6.45, 7) is 4.07. The highest BCUT2D eigenvalue weighted by molar-refractivity contribution is 7.89. The summed E-state index contributed by atoms with van der Waals surface area (Å²) in [5.41, 5.74) is 0.925. The molecule has 2 fully saturated rings. The predicted octanol–water partition coefficient (Wildman–Crippen LogP) is 1.78. The number of fused-ring (bicyclic) bond motifs is 1. The Bertz CT molecular complexity index is 738. The lowest BCUT2D eigenvalue weighted by Gasteiger charge is -2.41. The fourth-order valence-corrected chi connectivity index (χ4v) is 5.24. The standard InChI is InChI=1S/C18H25ClN2O4S/c1-2-26(23,24)21-9-10-25-13-15-12-20(8-7-17(15)21)18(22)11-14-3-5-16(19)6-4-14/h3-6,15,17H,2,7-13H2,1H3. The van der Waals surface area contributed by atoms with E-state index < -0.39 is 10.0 Å². The number of ether oxygens (including phenoxy) is 1. The van der Waals surface area contributed by atoms with E-state index in [1.54, 1.807) is 23.4 Å². The molecule has 26 heavy (non-hydrogen) atoms. The number of likely N-dealkylation sites (tertiary alicyclic amines) is 1. The second-order valence-corrected chi connectivity index (χ2v) is 9.49. The predicted molar refractivity (Wildman–Crippen MR) is 101 cm³/mol. The summed E-state index contributed by atoms with van der Waals surface area (Å²) in [6.07, 6.45) is 0.978. The summed E-state index contributed by atoms with van der Waals surface area (Å²) < 4.78 is 32.1. The minimum atomic E-state index is -3.27. The molecule has 2 unspecified atom stereocenters. The van der Waals surface area contributed by atoms with Crippen molar-refractivity contribution in [1.82, 2.24) is 9.21 Å². The molecule has 1 amide bonds. The monoisotopic (exact) mass is 400 g/mol. The Morgan fingerprint density at radius 3 is 2.69 bits per heavy atom. The first-order valence-corrected chi connectivity index (χ1v) is 11.0. The topological polar surface area (TPSA) is 66.9 Å². The number of benzene rings is 1. The van der Waals surface area contributed by atoms with Gasteiger partial charge in [-0.25, -0.2) is 8.42 Å². The molecule has 6 nitrogen and oxygen atoms in total. The van der Waals surface area contributed by atoms with Gasteiger partial charge in [0.1, 0.15) is 0 Å². The number of rotatable bonds is 4. The van der Waals surface area contributed by atoms with E-state index in [-0.39, 0.29) is 23.6 Å². The molecule has 0 radical (unpaired) electrons. The number of sulfonamides is 1. The van der Waals surface area contributed by atoms with Gasteiger partial charge in [-0.05, 0) is 31.0 Å². The maximum absolute atomic E-state index is 12.7. The van der Waals surface area contributed by atoms with Gasteiger partial charge in [-0.1, -0.05) is 23.7 Å². The molecule has 1 aromatic rings. The van der Waals surface area contributed by atoms with E-state index in [4.69, 9.17) is 16.3 Å². The van der Waals surface area contributed by atoms with E-state index in [1.165, 1.54) is 0 Å². The molecule has 8 heteroatoms. The van der Waals surface area contributed by atoms with Gasteiger partial charge in [0.05, 0.1) is 25.4 Å². The number of piperidine rings is 1. The van der Waals surface area contributed by atoms with Crippen LogP contribution in [0.2, 0.25) is 5.02 Å². The van der Waals surface area contributed by atoms with Crippen molar-refractivity contribution in [1.29, 1.82) is 0 Å². The Balaban J connectivity index is 1.68. The van der Waals surface area contributed by atoms with Gasteiger partial charge in [0.15, 0.2) is 0 Å². The highest BCUT2D eigenvalue weighted by atomic mass is 35.5. The van der Waals surface area contributed by atoms with Gasteiger partial charge < -0.3 is 9.64 Å². The number of nitrogens with zero attached hydrogens (tertiary/aromatic N) is 2. The molecule has 2 saturated heterocycles. The molecule has 0 aromatic heterocycles. The fourth-order valence-electron chi connectivity index (χ4n) is 3.74. The van der Waals surface area contributed by atoms with Crippen molar-refractivity contribution < 1.29 is 17.9 Å². The first kappa shape index (κ1) is 19.6. The van der Waals surface area contributed by atoms with Crippen LogP contribution >= 0.6 is 11.6 Å². The molecule has 0 bridgehead atoms. The smallest absolute Gasteiger partial charge is 0.227 e. The average Bonchev–Trinajstić information content (AvgIpc) is 2.85. The van der Waals surface area contributed by atoms with Crippen LogP contribution in [0.25, 0.3) is 0 Å². The number of halogens is 1. The van der Waals surface area contributed by atoms with Crippen molar-refractivity contribution in [3.05, 3.63) is 34.9 Å². The maximum Gasteiger partial charge on any atom is 0.227 e. The van der Waals surface area contributed by atoms with Crippen LogP contribution < -0.4 is 0 Å². The third kappa shape index (κ3) is 4.39. The van der Waals surface area contributed by atoms with E-state index in [0.29, 0.717) is 50.7 Å². The number of carbonyl (C=O) groups is 1. The van der Waals surface area contributed by atoms with Gasteiger partial charge >= 0.3 is 0 Å². The lowest BCUT2D eigenvalue weighted by Crippen LogP contribution is -2.54. The number of carbonyl (C=O) groups excluding carboxylic acids is 1. The van der Waals surface area contributed by atoms with Crippen LogP contribution in [0.15, 0.2) is 24.3 Å². The zero-order valence-corrected chi connectivity index (χ0v) is 16.5. The third-order valence-corrected chi connectivity index (χ3v) is 7.34. The Kier molecular flexibility index (Phi) is 6.22. The second kappa shape index (κ2) is 8.25. The zero-order valence-electron chi connectivity index (χ0n) is 14.9. The lowest BCUT2D eigenvalue weighted by atomic mass is 9.92. The minimum Gasteiger partial charge on any atom is -0.380 e. The first-order chi connectivity index (χ1) is 12.4. The molecule has 1 aromatic carbocycles. The summed E-state index contributed by atoms with van der Waals surface area (Å²) in [6, 6.07) is 7.20. The number of hydrogen-bond donors (Lipinski definition) is 0. The Morgan fingerprint density at radius 1 is 1.27 bits per heavy atom. The average molecular weight is 401 g/mol. The van der Waals surface area contributed by atoms with E-state index in [9.17, 15) is 13.2 Å². The molecule has 3 rings (SSSR count). The summed E-state index contributed by atoms with van der Waals surface area (Å²) in [5.74, 6) is 0.164. The van der Waals surface area contributed by atoms with Crippen molar-refractivity contribution in [3.8, 4) is 0 Å². The zero-order chi connectivity index (χ0) is 18.7. The number of amides is 1. The molecule has 0 N–H and O–H groups in total. The second-order valence-electron chi connectivity index (χ2n) is 6.85. The quantitative estimate of drug-likeness (QED) is 0.772. The summed E-state index contributed by atoms with van der Waals surface area (Å²) in [5, 5.41) is 0.648. The molecule has 0 spiro atoms. The van der Waals surface area contributed by atoms with Gasteiger partial charge in [0.2, 0.25) is 15.9 Å². The van der Waals surface area contributed by atoms with Gasteiger partial charge in [-0.2, -0.15) is 4.31 Å². The Hall–Kier alpha value is -1.15. The van der Waals surface area contributed by atoms with Gasteiger partial charge in [-0.3, -0.25) is 4.79 Å². The van der Waals surface area contributed by atoms with Gasteiger partial charge in [0.25, 0.3) is 0 Å². The minimum absolute atomic E-state index is 0.0155. The molecule has 0 aliphatic carbocycles. The van der Waals surface area contributed by atoms with Crippen LogP contribution in [0.5, 0.6) is 0 Å². The molecule has 2 aliphatic rings. The van der Waals surface area contributed by atoms with Crippen LogP contribution in [0, 0.1) is 5.92 Å². The van der Waals surface area contributed by atoms with Crippen molar-refractivity contribution >= 4 is 27.5 Å². The third-order valence-electron chi connectivity index (χ3n) is 5.20.